The summed E-state index contributed by atoms with van der Waals surface area (Å²) in [6.45, 7) is 1.99. The molecule has 1 aliphatic rings. The molecule has 2 N–H and O–H groups in total. The highest BCUT2D eigenvalue weighted by Crippen LogP contribution is 2.32. The van der Waals surface area contributed by atoms with Gasteiger partial charge in [-0.15, -0.1) is 11.3 Å². The van der Waals surface area contributed by atoms with E-state index in [0.29, 0.717) is 5.01 Å². The van der Waals surface area contributed by atoms with Crippen LogP contribution in [0.15, 0.2) is 46.8 Å². The Morgan fingerprint density at radius 3 is 2.55 bits per heavy atom. The molecule has 1 aromatic heterocycles. The summed E-state index contributed by atoms with van der Waals surface area (Å²) in [7, 11) is -2.94. The molecule has 0 unspecified atom stereocenters. The quantitative estimate of drug-likeness (QED) is 0.492. The van der Waals surface area contributed by atoms with E-state index in [1.807, 2.05) is 36.0 Å². The topological polar surface area (TPSA) is 109 Å². The van der Waals surface area contributed by atoms with Gasteiger partial charge in [0, 0.05) is 47.3 Å². The Morgan fingerprint density at radius 1 is 1.21 bits per heavy atom. The number of rotatable bonds is 7. The normalized spacial score (nSPS) is 14.2. The minimum Gasteiger partial charge on any atom is -0.495 e. The van der Waals surface area contributed by atoms with Gasteiger partial charge in [-0.1, -0.05) is 0 Å². The Kier molecular flexibility index (Phi) is 6.77. The molecule has 2 heterocycles. The van der Waals surface area contributed by atoms with Crippen molar-refractivity contribution in [3.8, 4) is 16.3 Å². The van der Waals surface area contributed by atoms with Crippen molar-refractivity contribution >= 4 is 50.5 Å². The largest absolute Gasteiger partial charge is 0.495 e. The Hall–Kier alpha value is -2.83. The van der Waals surface area contributed by atoms with Gasteiger partial charge in [0.05, 0.1) is 18.4 Å². The first-order valence-corrected chi connectivity index (χ1v) is 13.3. The Balaban J connectivity index is 1.55. The van der Waals surface area contributed by atoms with Gasteiger partial charge >= 0.3 is 5.97 Å². The molecule has 0 bridgehead atoms. The van der Waals surface area contributed by atoms with Crippen LogP contribution in [0.4, 0.5) is 15.8 Å². The highest BCUT2D eigenvalue weighted by molar-refractivity contribution is 7.99. The second-order valence-corrected chi connectivity index (χ2v) is 10.8. The zero-order valence-electron chi connectivity index (χ0n) is 17.4. The van der Waals surface area contributed by atoms with E-state index in [1.54, 1.807) is 0 Å². The molecule has 3 aromatic rings. The summed E-state index contributed by atoms with van der Waals surface area (Å²) < 4.78 is 47.0. The zero-order chi connectivity index (χ0) is 23.6. The van der Waals surface area contributed by atoms with Gasteiger partial charge in [-0.05, 0) is 30.3 Å². The van der Waals surface area contributed by atoms with Crippen molar-refractivity contribution in [3.05, 3.63) is 53.2 Å². The van der Waals surface area contributed by atoms with Crippen LogP contribution < -0.4 is 14.4 Å². The maximum absolute atomic E-state index is 14.1. The van der Waals surface area contributed by atoms with Crippen LogP contribution in [0.2, 0.25) is 0 Å². The van der Waals surface area contributed by atoms with Crippen molar-refractivity contribution in [2.24, 2.45) is 0 Å². The molecule has 1 aliphatic heterocycles. The van der Waals surface area contributed by atoms with Crippen molar-refractivity contribution in [2.45, 2.75) is 5.03 Å². The number of benzene rings is 2. The number of carbonyl (C=O) groups is 1. The third-order valence-electron chi connectivity index (χ3n) is 5.01. The predicted molar refractivity (Wildman–Crippen MR) is 128 cm³/mol. The number of carboxylic acid groups (broad SMARTS) is 1. The van der Waals surface area contributed by atoms with E-state index >= 15 is 0 Å². The number of nitrogens with zero attached hydrogens (tertiary/aromatic N) is 2. The molecule has 0 aliphatic carbocycles. The van der Waals surface area contributed by atoms with Gasteiger partial charge in [-0.3, -0.25) is 4.72 Å². The molecule has 0 spiro atoms. The molecule has 33 heavy (non-hydrogen) atoms. The van der Waals surface area contributed by atoms with E-state index in [0.717, 1.165) is 48.0 Å². The fourth-order valence-corrected chi connectivity index (χ4v) is 6.38. The third-order valence-corrected chi connectivity index (χ3v) is 8.24. The van der Waals surface area contributed by atoms with Crippen LogP contribution in [0.25, 0.3) is 10.6 Å². The number of carboxylic acids is 1. The van der Waals surface area contributed by atoms with Gasteiger partial charge in [-0.2, -0.15) is 20.2 Å². The lowest BCUT2D eigenvalue weighted by molar-refractivity contribution is 0.0691. The van der Waals surface area contributed by atoms with E-state index in [1.165, 1.54) is 23.8 Å². The van der Waals surface area contributed by atoms with Gasteiger partial charge in [-0.25, -0.2) is 14.2 Å². The van der Waals surface area contributed by atoms with E-state index in [9.17, 15) is 17.6 Å². The van der Waals surface area contributed by atoms with Crippen molar-refractivity contribution in [3.63, 3.8) is 0 Å². The van der Waals surface area contributed by atoms with Crippen LogP contribution in [0, 0.1) is 5.82 Å². The highest BCUT2D eigenvalue weighted by atomic mass is 32.2. The molecule has 174 valence electrons. The molecule has 4 rings (SSSR count). The average molecular weight is 510 g/mol. The number of methoxy groups -OCH3 is 1. The summed E-state index contributed by atoms with van der Waals surface area (Å²) >= 11 is 3.11. The van der Waals surface area contributed by atoms with E-state index in [2.05, 4.69) is 14.6 Å². The fourth-order valence-electron chi connectivity index (χ4n) is 3.31. The molecule has 2 aromatic carbocycles. The molecule has 0 atom stereocenters. The second kappa shape index (κ2) is 9.57. The summed E-state index contributed by atoms with van der Waals surface area (Å²) in [5, 5.41) is 10.7. The van der Waals surface area contributed by atoms with Gasteiger partial charge < -0.3 is 14.7 Å². The summed E-state index contributed by atoms with van der Waals surface area (Å²) in [5.41, 5.74) is 1.05. The lowest BCUT2D eigenvalue weighted by Gasteiger charge is -2.28. The minimum absolute atomic E-state index is 0.125. The number of hydrogen-bond acceptors (Lipinski definition) is 8. The number of thiazole rings is 1. The summed E-state index contributed by atoms with van der Waals surface area (Å²) in [6.07, 6.45) is 0. The van der Waals surface area contributed by atoms with E-state index in [-0.39, 0.29) is 16.5 Å². The van der Waals surface area contributed by atoms with Gasteiger partial charge in [0.25, 0.3) is 10.0 Å². The Bertz CT molecular complexity index is 1270. The number of halogens is 1. The average Bonchev–Trinajstić information content (AvgIpc) is 3.31. The molecule has 1 saturated heterocycles. The maximum Gasteiger partial charge on any atom is 0.338 e. The number of aromatic carboxylic acids is 1. The SMILES string of the molecule is COc1cc(C(=O)O)c(F)cc1NS(=O)(=O)c1csc(-c2ccc(N3CCSCC3)cc2)n1. The molecular weight excluding hydrogens is 489 g/mol. The molecular formula is C21H20FN3O5S3. The second-order valence-electron chi connectivity index (χ2n) is 7.08. The predicted octanol–water partition coefficient (Wildman–Crippen LogP) is 4.01. The Morgan fingerprint density at radius 2 is 1.91 bits per heavy atom. The number of ether oxygens (including phenoxy) is 1. The molecule has 0 amide bonds. The van der Waals surface area contributed by atoms with Crippen LogP contribution in [-0.4, -0.2) is 56.2 Å². The summed E-state index contributed by atoms with van der Waals surface area (Å²) in [4.78, 5) is 17.7. The molecule has 8 nitrogen and oxygen atoms in total. The molecule has 1 fully saturated rings. The number of hydrogen-bond donors (Lipinski definition) is 2. The number of nitrogens with one attached hydrogen (secondary N) is 1. The van der Waals surface area contributed by atoms with Gasteiger partial charge in [0.2, 0.25) is 0 Å². The van der Waals surface area contributed by atoms with Gasteiger partial charge in [0.1, 0.15) is 16.6 Å². The monoisotopic (exact) mass is 509 g/mol. The smallest absolute Gasteiger partial charge is 0.338 e. The van der Waals surface area contributed by atoms with Crippen molar-refractivity contribution in [2.75, 3.05) is 41.3 Å². The molecule has 0 radical (unpaired) electrons. The third kappa shape index (κ3) is 5.07. The fraction of sp³-hybridized carbons (Fsp3) is 0.238. The van der Waals surface area contributed by atoms with Crippen LogP contribution in [-0.2, 0) is 10.0 Å². The molecule has 12 heteroatoms. The van der Waals surface area contributed by atoms with Crippen LogP contribution in [0.5, 0.6) is 5.75 Å². The summed E-state index contributed by atoms with van der Waals surface area (Å²) in [6, 6.07) is 9.49. The Labute approximate surface area is 198 Å². The standard InChI is InChI=1S/C21H20FN3O5S3/c1-30-18-10-15(21(26)27)16(22)11-17(18)24-33(28,29)19-12-32-20(23-19)13-2-4-14(5-3-13)25-6-8-31-9-7-25/h2-5,10-12,24H,6-9H2,1H3,(H,26,27). The first-order valence-electron chi connectivity index (χ1n) is 9.81. The van der Waals surface area contributed by atoms with Gasteiger partial charge in [0.15, 0.2) is 5.03 Å². The zero-order valence-corrected chi connectivity index (χ0v) is 19.9. The lowest BCUT2D eigenvalue weighted by atomic mass is 10.2. The molecule has 0 saturated carbocycles. The van der Waals surface area contributed by atoms with Crippen LogP contribution >= 0.6 is 23.1 Å². The van der Waals surface area contributed by atoms with Crippen molar-refractivity contribution in [1.29, 1.82) is 0 Å². The number of sulfonamides is 1. The van der Waals surface area contributed by atoms with Crippen LogP contribution in [0.1, 0.15) is 10.4 Å². The van der Waals surface area contributed by atoms with E-state index in [4.69, 9.17) is 9.84 Å². The van der Waals surface area contributed by atoms with Crippen molar-refractivity contribution in [1.82, 2.24) is 4.98 Å². The highest BCUT2D eigenvalue weighted by Gasteiger charge is 2.23. The minimum atomic E-state index is -4.16. The lowest BCUT2D eigenvalue weighted by Crippen LogP contribution is -2.32. The number of thioether (sulfide) groups is 1. The summed E-state index contributed by atoms with van der Waals surface area (Å²) in [5.74, 6) is -0.520. The number of aromatic nitrogens is 1. The maximum atomic E-state index is 14.1. The van der Waals surface area contributed by atoms with E-state index < -0.39 is 27.4 Å². The first kappa shape index (κ1) is 23.3. The first-order chi connectivity index (χ1) is 15.8. The number of anilines is 2. The van der Waals surface area contributed by atoms with Crippen molar-refractivity contribution < 1.29 is 27.4 Å². The van der Waals surface area contributed by atoms with Crippen LogP contribution in [0.3, 0.4) is 0 Å².